The van der Waals surface area contributed by atoms with Crippen molar-refractivity contribution in [3.63, 3.8) is 0 Å². The summed E-state index contributed by atoms with van der Waals surface area (Å²) in [6, 6.07) is 1.64. The minimum Gasteiger partial charge on any atom is -0.481 e. The van der Waals surface area contributed by atoms with Crippen molar-refractivity contribution in [3.8, 4) is 0 Å². The van der Waals surface area contributed by atoms with Crippen LogP contribution in [0.4, 0.5) is 24.5 Å². The van der Waals surface area contributed by atoms with Crippen LogP contribution in [0, 0.1) is 15.5 Å². The number of benzene rings is 1. The van der Waals surface area contributed by atoms with Crippen LogP contribution in [0.15, 0.2) is 42.0 Å². The van der Waals surface area contributed by atoms with Crippen LogP contribution < -0.4 is 5.32 Å². The van der Waals surface area contributed by atoms with E-state index in [1.165, 1.54) is 25.2 Å². The third-order valence-electron chi connectivity index (χ3n) is 4.47. The molecule has 0 aromatic heterocycles. The van der Waals surface area contributed by atoms with Crippen molar-refractivity contribution in [1.29, 1.82) is 0 Å². The Kier molecular flexibility index (Phi) is 8.55. The number of carboxylic acid groups (broad SMARTS) is 2. The number of hydrogen-bond donors (Lipinski definition) is 5. The second kappa shape index (κ2) is 10.1. The normalized spacial score (nSPS) is 18.9. The first-order valence-electron chi connectivity index (χ1n) is 8.91. The monoisotopic (exact) mass is 496 g/mol. The number of nitro groups is 1. The van der Waals surface area contributed by atoms with E-state index in [1.54, 1.807) is 0 Å². The summed E-state index contributed by atoms with van der Waals surface area (Å²) in [7, 11) is -4.57. The van der Waals surface area contributed by atoms with Gasteiger partial charge in [0, 0.05) is 11.6 Å². The number of carbonyl (C=O) groups is 2. The average Bonchev–Trinajstić information content (AvgIpc) is 2.66. The highest BCUT2D eigenvalue weighted by Gasteiger charge is 2.35. The van der Waals surface area contributed by atoms with Gasteiger partial charge >= 0.3 is 25.7 Å². The molecule has 2 unspecified atom stereocenters. The molecule has 1 aromatic rings. The minimum absolute atomic E-state index is 0.0359. The fraction of sp³-hybridized carbons (Fsp3) is 0.333. The van der Waals surface area contributed by atoms with Crippen molar-refractivity contribution < 1.29 is 52.2 Å². The number of nitro benzene ring substituents is 1. The second-order valence-corrected chi connectivity index (χ2v) is 9.10. The maximum Gasteiger partial charge on any atom is 0.416 e. The highest BCUT2D eigenvalue weighted by Crippen LogP contribution is 2.43. The average molecular weight is 496 g/mol. The zero-order chi connectivity index (χ0) is 25.8. The molecule has 1 aliphatic carbocycles. The summed E-state index contributed by atoms with van der Waals surface area (Å²) in [5.74, 6) is -3.54. The smallest absolute Gasteiger partial charge is 0.416 e. The predicted octanol–water partition coefficient (Wildman–Crippen LogP) is 3.60. The number of nitrogens with zero attached hydrogens (tertiary/aromatic N) is 1. The van der Waals surface area contributed by atoms with Gasteiger partial charge in [-0.05, 0) is 32.4 Å². The molecule has 0 aliphatic heterocycles. The Hall–Kier alpha value is -3.22. The molecule has 5 N–H and O–H groups in total. The van der Waals surface area contributed by atoms with Crippen molar-refractivity contribution >= 4 is 30.9 Å². The molecule has 0 saturated heterocycles. The standard InChI is InChI=1S/C9H10F3N2O5P.C9H10O4/c1-5(20(17,18)19)13-7-3-2-6(9(10,11)12)4-8(7)14(15)16;1-9(8(12)13)4-2-3-6(5-9)7(10)11/h2-5,13H,1H3,(H2,17,18,19);2-4H,5H2,1H3,(H,10,11)(H,12,13). The van der Waals surface area contributed by atoms with Gasteiger partial charge in [-0.3, -0.25) is 19.5 Å². The van der Waals surface area contributed by atoms with Crippen LogP contribution in [0.1, 0.15) is 25.8 Å². The van der Waals surface area contributed by atoms with Crippen molar-refractivity contribution in [2.45, 2.75) is 32.2 Å². The highest BCUT2D eigenvalue weighted by molar-refractivity contribution is 7.52. The lowest BCUT2D eigenvalue weighted by Crippen LogP contribution is -2.28. The van der Waals surface area contributed by atoms with Gasteiger partial charge < -0.3 is 25.3 Å². The van der Waals surface area contributed by atoms with Crippen LogP contribution in [0.5, 0.6) is 0 Å². The lowest BCUT2D eigenvalue weighted by molar-refractivity contribution is -0.384. The first-order chi connectivity index (χ1) is 14.9. The molecular weight excluding hydrogens is 476 g/mol. The Morgan fingerprint density at radius 2 is 1.85 bits per heavy atom. The fourth-order valence-corrected chi connectivity index (χ4v) is 2.78. The molecule has 0 bridgehead atoms. The van der Waals surface area contributed by atoms with Crippen LogP contribution in [0.3, 0.4) is 0 Å². The molecule has 0 spiro atoms. The van der Waals surface area contributed by atoms with Crippen LogP contribution >= 0.6 is 7.60 Å². The topological polar surface area (TPSA) is 187 Å². The molecule has 182 valence electrons. The third-order valence-corrected chi connectivity index (χ3v) is 5.61. The van der Waals surface area contributed by atoms with Gasteiger partial charge in [0.1, 0.15) is 11.5 Å². The molecular formula is C18H20F3N2O9P. The first-order valence-corrected chi connectivity index (χ1v) is 10.6. The number of hydrogen-bond acceptors (Lipinski definition) is 6. The molecule has 2 rings (SSSR count). The van der Waals surface area contributed by atoms with Gasteiger partial charge in [0.25, 0.3) is 5.69 Å². The van der Waals surface area contributed by atoms with Crippen molar-refractivity contribution in [2.24, 2.45) is 5.41 Å². The van der Waals surface area contributed by atoms with E-state index in [4.69, 9.17) is 20.0 Å². The van der Waals surface area contributed by atoms with E-state index in [2.05, 4.69) is 5.32 Å². The summed E-state index contributed by atoms with van der Waals surface area (Å²) in [6.07, 6.45) is -0.317. The van der Waals surface area contributed by atoms with E-state index in [-0.39, 0.29) is 12.0 Å². The lowest BCUT2D eigenvalue weighted by Gasteiger charge is -2.23. The largest absolute Gasteiger partial charge is 0.481 e. The van der Waals surface area contributed by atoms with E-state index in [1.807, 2.05) is 0 Å². The molecule has 0 radical (unpaired) electrons. The number of nitrogens with one attached hydrogen (secondary N) is 1. The second-order valence-electron chi connectivity index (χ2n) is 7.15. The van der Waals surface area contributed by atoms with Gasteiger partial charge in [-0.1, -0.05) is 18.2 Å². The molecule has 0 fully saturated rings. The van der Waals surface area contributed by atoms with Crippen molar-refractivity contribution in [1.82, 2.24) is 0 Å². The quantitative estimate of drug-likeness (QED) is 0.221. The maximum atomic E-state index is 12.4. The van der Waals surface area contributed by atoms with Gasteiger partial charge in [0.2, 0.25) is 0 Å². The SMILES string of the molecule is CC(Nc1ccc(C(F)(F)F)cc1[N+](=O)[O-])P(=O)(O)O.CC1(C(=O)O)C=CC=C(C(=O)O)C1. The van der Waals surface area contributed by atoms with Gasteiger partial charge in [0.05, 0.1) is 15.9 Å². The molecule has 0 amide bonds. The number of halogens is 3. The minimum atomic E-state index is -4.75. The van der Waals surface area contributed by atoms with Crippen molar-refractivity contribution in [3.05, 3.63) is 57.7 Å². The number of allylic oxidation sites excluding steroid dienone is 2. The van der Waals surface area contributed by atoms with Crippen LogP contribution in [-0.2, 0) is 20.3 Å². The molecule has 1 aromatic carbocycles. The van der Waals surface area contributed by atoms with Crippen LogP contribution in [-0.4, -0.2) is 42.6 Å². The van der Waals surface area contributed by atoms with E-state index in [9.17, 15) is 37.4 Å². The zero-order valence-corrected chi connectivity index (χ0v) is 18.0. The number of aliphatic carboxylic acids is 2. The highest BCUT2D eigenvalue weighted by atomic mass is 31.2. The summed E-state index contributed by atoms with van der Waals surface area (Å²) < 4.78 is 48.3. The Morgan fingerprint density at radius 1 is 1.27 bits per heavy atom. The Balaban J connectivity index is 0.000000361. The molecule has 2 atom stereocenters. The van der Waals surface area contributed by atoms with Gasteiger partial charge in [-0.2, -0.15) is 13.2 Å². The van der Waals surface area contributed by atoms with Gasteiger partial charge in [0.15, 0.2) is 0 Å². The Labute approximate surface area is 184 Å². The van der Waals surface area contributed by atoms with Crippen LogP contribution in [0.2, 0.25) is 0 Å². The number of alkyl halides is 3. The zero-order valence-electron chi connectivity index (χ0n) is 17.1. The Morgan fingerprint density at radius 3 is 2.27 bits per heavy atom. The third kappa shape index (κ3) is 7.70. The number of rotatable bonds is 6. The summed E-state index contributed by atoms with van der Waals surface area (Å²) in [6.45, 7) is 2.56. The van der Waals surface area contributed by atoms with Crippen molar-refractivity contribution in [2.75, 3.05) is 5.32 Å². The van der Waals surface area contributed by atoms with E-state index < -0.39 is 58.8 Å². The van der Waals surface area contributed by atoms with E-state index in [0.29, 0.717) is 12.1 Å². The predicted molar refractivity (Wildman–Crippen MR) is 108 cm³/mol. The lowest BCUT2D eigenvalue weighted by atomic mass is 9.80. The molecule has 15 heteroatoms. The Bertz CT molecular complexity index is 1050. The summed E-state index contributed by atoms with van der Waals surface area (Å²) in [4.78, 5) is 48.7. The van der Waals surface area contributed by atoms with Gasteiger partial charge in [-0.25, -0.2) is 4.79 Å². The fourth-order valence-electron chi connectivity index (χ4n) is 2.47. The molecule has 33 heavy (non-hydrogen) atoms. The number of carboxylic acids is 2. The first kappa shape index (κ1) is 27.8. The maximum absolute atomic E-state index is 12.4. The molecule has 0 heterocycles. The van der Waals surface area contributed by atoms with Crippen LogP contribution in [0.25, 0.3) is 0 Å². The summed E-state index contributed by atoms with van der Waals surface area (Å²) >= 11 is 0. The van der Waals surface area contributed by atoms with Gasteiger partial charge in [-0.15, -0.1) is 0 Å². The van der Waals surface area contributed by atoms with E-state index >= 15 is 0 Å². The number of anilines is 1. The summed E-state index contributed by atoms with van der Waals surface area (Å²) in [5, 5.41) is 30.4. The molecule has 0 saturated carbocycles. The molecule has 11 nitrogen and oxygen atoms in total. The molecule has 1 aliphatic rings. The summed E-state index contributed by atoms with van der Waals surface area (Å²) in [5.41, 5.74) is -3.49. The van der Waals surface area contributed by atoms with E-state index in [0.717, 1.165) is 13.0 Å².